The maximum absolute atomic E-state index is 12.3. The van der Waals surface area contributed by atoms with Crippen LogP contribution in [-0.2, 0) is 19.5 Å². The van der Waals surface area contributed by atoms with Crippen LogP contribution in [0.25, 0.3) is 10.8 Å². The lowest BCUT2D eigenvalue weighted by molar-refractivity contribution is 0.241. The summed E-state index contributed by atoms with van der Waals surface area (Å²) in [6.07, 6.45) is 3.09. The molecule has 1 aliphatic carbocycles. The number of hydrogen-bond acceptors (Lipinski definition) is 3. The lowest BCUT2D eigenvalue weighted by atomic mass is 10.0. The van der Waals surface area contributed by atoms with E-state index in [0.29, 0.717) is 5.92 Å². The van der Waals surface area contributed by atoms with E-state index in [2.05, 4.69) is 52.3 Å². The average molecular weight is 331 g/mol. The zero-order chi connectivity index (χ0) is 16.8. The van der Waals surface area contributed by atoms with E-state index in [1.54, 1.807) is 0 Å². The summed E-state index contributed by atoms with van der Waals surface area (Å²) in [6, 6.07) is 15.0. The molecule has 0 spiro atoms. The van der Waals surface area contributed by atoms with Gasteiger partial charge < -0.3 is 4.98 Å². The predicted molar refractivity (Wildman–Crippen MR) is 98.6 cm³/mol. The highest BCUT2D eigenvalue weighted by atomic mass is 16.1. The molecule has 4 heteroatoms. The van der Waals surface area contributed by atoms with Gasteiger partial charge in [-0.15, -0.1) is 0 Å². The van der Waals surface area contributed by atoms with E-state index in [1.807, 2.05) is 0 Å². The third-order valence-corrected chi connectivity index (χ3v) is 5.41. The van der Waals surface area contributed by atoms with Gasteiger partial charge in [0.15, 0.2) is 0 Å². The van der Waals surface area contributed by atoms with Crippen molar-refractivity contribution in [2.45, 2.75) is 38.3 Å². The summed E-state index contributed by atoms with van der Waals surface area (Å²) in [7, 11) is 0. The van der Waals surface area contributed by atoms with Crippen LogP contribution in [0.15, 0.2) is 47.3 Å². The molecule has 5 rings (SSSR count). The van der Waals surface area contributed by atoms with Crippen molar-refractivity contribution in [3.05, 3.63) is 75.5 Å². The van der Waals surface area contributed by atoms with Crippen LogP contribution >= 0.6 is 0 Å². The number of hydrogen-bond donors (Lipinski definition) is 1. The van der Waals surface area contributed by atoms with Crippen LogP contribution < -0.4 is 5.56 Å². The van der Waals surface area contributed by atoms with Gasteiger partial charge in [0.1, 0.15) is 5.82 Å². The molecule has 1 N–H and O–H groups in total. The lowest BCUT2D eigenvalue weighted by Gasteiger charge is -2.28. The van der Waals surface area contributed by atoms with Gasteiger partial charge >= 0.3 is 0 Å². The van der Waals surface area contributed by atoms with Gasteiger partial charge in [-0.2, -0.15) is 0 Å². The molecule has 3 aromatic rings. The Morgan fingerprint density at radius 2 is 1.96 bits per heavy atom. The van der Waals surface area contributed by atoms with Gasteiger partial charge in [-0.1, -0.05) is 42.5 Å². The van der Waals surface area contributed by atoms with E-state index in [-0.39, 0.29) is 5.56 Å². The van der Waals surface area contributed by atoms with Gasteiger partial charge in [0.05, 0.1) is 5.69 Å². The van der Waals surface area contributed by atoms with Crippen molar-refractivity contribution in [3.63, 3.8) is 0 Å². The second kappa shape index (κ2) is 5.81. The minimum atomic E-state index is 0.0803. The zero-order valence-corrected chi connectivity index (χ0v) is 14.2. The van der Waals surface area contributed by atoms with Gasteiger partial charge in [-0.3, -0.25) is 9.69 Å². The van der Waals surface area contributed by atoms with Crippen LogP contribution in [0.1, 0.15) is 41.4 Å². The molecule has 2 aromatic carbocycles. The summed E-state index contributed by atoms with van der Waals surface area (Å²) in [5.74, 6) is 1.38. The van der Waals surface area contributed by atoms with Gasteiger partial charge in [0, 0.05) is 31.1 Å². The summed E-state index contributed by atoms with van der Waals surface area (Å²) in [6.45, 7) is 2.57. The molecule has 1 saturated carbocycles. The molecule has 1 aliphatic heterocycles. The topological polar surface area (TPSA) is 49.0 Å². The smallest absolute Gasteiger partial charge is 0.254 e. The molecule has 0 amide bonds. The first kappa shape index (κ1) is 14.8. The Morgan fingerprint density at radius 3 is 2.84 bits per heavy atom. The molecule has 4 nitrogen and oxygen atoms in total. The SMILES string of the molecule is O=c1[nH]c(C2CC2)nc2c1CCN(Cc1cccc3ccccc13)C2. The molecule has 2 heterocycles. The largest absolute Gasteiger partial charge is 0.310 e. The van der Waals surface area contributed by atoms with E-state index in [9.17, 15) is 4.79 Å². The van der Waals surface area contributed by atoms with Crippen molar-refractivity contribution < 1.29 is 0 Å². The van der Waals surface area contributed by atoms with E-state index in [4.69, 9.17) is 4.98 Å². The Morgan fingerprint density at radius 1 is 1.12 bits per heavy atom. The Balaban J connectivity index is 1.44. The first-order valence-electron chi connectivity index (χ1n) is 9.09. The van der Waals surface area contributed by atoms with Crippen LogP contribution in [0, 0.1) is 0 Å². The monoisotopic (exact) mass is 331 g/mol. The number of nitrogens with one attached hydrogen (secondary N) is 1. The highest BCUT2D eigenvalue weighted by molar-refractivity contribution is 5.85. The third kappa shape index (κ3) is 2.76. The number of fused-ring (bicyclic) bond motifs is 2. The van der Waals surface area contributed by atoms with E-state index in [1.165, 1.54) is 16.3 Å². The number of aromatic nitrogens is 2. The van der Waals surface area contributed by atoms with Gasteiger partial charge in [-0.05, 0) is 35.6 Å². The van der Waals surface area contributed by atoms with E-state index in [0.717, 1.165) is 56.0 Å². The molecule has 0 atom stereocenters. The summed E-state index contributed by atoms with van der Waals surface area (Å²) < 4.78 is 0. The molecule has 0 bridgehead atoms. The number of rotatable bonds is 3. The molecule has 126 valence electrons. The highest BCUT2D eigenvalue weighted by Gasteiger charge is 2.29. The molecule has 1 aromatic heterocycles. The van der Waals surface area contributed by atoms with Gasteiger partial charge in [0.2, 0.25) is 0 Å². The minimum Gasteiger partial charge on any atom is -0.310 e. The van der Waals surface area contributed by atoms with Crippen LogP contribution in [-0.4, -0.2) is 21.4 Å². The normalized spacial score (nSPS) is 17.6. The Kier molecular flexibility index (Phi) is 3.45. The van der Waals surface area contributed by atoms with Crippen molar-refractivity contribution >= 4 is 10.8 Å². The summed E-state index contributed by atoms with van der Waals surface area (Å²) >= 11 is 0. The zero-order valence-electron chi connectivity index (χ0n) is 14.2. The fraction of sp³-hybridized carbons (Fsp3) is 0.333. The van der Waals surface area contributed by atoms with Crippen molar-refractivity contribution in [2.24, 2.45) is 0 Å². The molecule has 0 saturated heterocycles. The first-order valence-corrected chi connectivity index (χ1v) is 9.09. The maximum atomic E-state index is 12.3. The summed E-state index contributed by atoms with van der Waals surface area (Å²) in [5.41, 5.74) is 3.29. The third-order valence-electron chi connectivity index (χ3n) is 5.41. The van der Waals surface area contributed by atoms with Crippen molar-refractivity contribution in [3.8, 4) is 0 Å². The lowest BCUT2D eigenvalue weighted by Crippen LogP contribution is -2.35. The van der Waals surface area contributed by atoms with Crippen molar-refractivity contribution in [2.75, 3.05) is 6.54 Å². The van der Waals surface area contributed by atoms with E-state index < -0.39 is 0 Å². The maximum Gasteiger partial charge on any atom is 0.254 e. The highest BCUT2D eigenvalue weighted by Crippen LogP contribution is 2.37. The molecular formula is C21H21N3O. The second-order valence-corrected chi connectivity index (χ2v) is 7.25. The minimum absolute atomic E-state index is 0.0803. The van der Waals surface area contributed by atoms with Gasteiger partial charge in [-0.25, -0.2) is 4.98 Å². The van der Waals surface area contributed by atoms with Crippen LogP contribution in [0.2, 0.25) is 0 Å². The molecule has 1 fully saturated rings. The Bertz CT molecular complexity index is 998. The molecule has 25 heavy (non-hydrogen) atoms. The average Bonchev–Trinajstić information content (AvgIpc) is 3.47. The number of nitrogens with zero attached hydrogens (tertiary/aromatic N) is 2. The van der Waals surface area contributed by atoms with E-state index >= 15 is 0 Å². The molecular weight excluding hydrogens is 310 g/mol. The van der Waals surface area contributed by atoms with Crippen LogP contribution in [0.3, 0.4) is 0 Å². The fourth-order valence-corrected chi connectivity index (χ4v) is 3.87. The molecule has 0 radical (unpaired) electrons. The van der Waals surface area contributed by atoms with Crippen molar-refractivity contribution in [1.29, 1.82) is 0 Å². The molecule has 2 aliphatic rings. The van der Waals surface area contributed by atoms with Crippen molar-refractivity contribution in [1.82, 2.24) is 14.9 Å². The van der Waals surface area contributed by atoms with Gasteiger partial charge in [0.25, 0.3) is 5.56 Å². The number of aromatic amines is 1. The number of benzene rings is 2. The van der Waals surface area contributed by atoms with Crippen LogP contribution in [0.5, 0.6) is 0 Å². The predicted octanol–water partition coefficient (Wildman–Crippen LogP) is 3.36. The molecule has 0 unspecified atom stereocenters. The second-order valence-electron chi connectivity index (χ2n) is 7.25. The standard InChI is InChI=1S/C21H21N3O/c25-21-18-10-11-24(13-19(18)22-20(23-21)15-8-9-15)12-16-6-3-5-14-4-1-2-7-17(14)16/h1-7,15H,8-13H2,(H,22,23,25). The number of H-pyrrole nitrogens is 1. The Labute approximate surface area is 146 Å². The summed E-state index contributed by atoms with van der Waals surface area (Å²) in [4.78, 5) is 22.5. The Hall–Kier alpha value is -2.46. The summed E-state index contributed by atoms with van der Waals surface area (Å²) in [5, 5.41) is 2.59. The quantitative estimate of drug-likeness (QED) is 0.800. The fourth-order valence-electron chi connectivity index (χ4n) is 3.87. The first-order chi connectivity index (χ1) is 12.3. The van der Waals surface area contributed by atoms with Crippen LogP contribution in [0.4, 0.5) is 0 Å².